The Balaban J connectivity index is 1.96. The topological polar surface area (TPSA) is 92.3 Å². The molecule has 2 N–H and O–H groups in total. The van der Waals surface area contributed by atoms with Crippen LogP contribution >= 0.6 is 45.9 Å². The third kappa shape index (κ3) is 4.73. The fourth-order valence-electron chi connectivity index (χ4n) is 1.96. The van der Waals surface area contributed by atoms with E-state index in [9.17, 15) is 21.2 Å². The van der Waals surface area contributed by atoms with Crippen molar-refractivity contribution in [2.75, 3.05) is 9.44 Å². The first-order chi connectivity index (χ1) is 12.6. The molecule has 0 saturated heterocycles. The number of halogens is 3. The number of hydrogen-bond donors (Lipinski definition) is 2. The van der Waals surface area contributed by atoms with Crippen molar-refractivity contribution in [1.82, 2.24) is 0 Å². The first-order valence-corrected chi connectivity index (χ1v) is 12.3. The maximum Gasteiger partial charge on any atom is 0.271 e. The highest BCUT2D eigenvalue weighted by molar-refractivity contribution is 7.95. The van der Waals surface area contributed by atoms with Gasteiger partial charge < -0.3 is 0 Å². The summed E-state index contributed by atoms with van der Waals surface area (Å²) < 4.78 is 68.2. The fraction of sp³-hybridized carbons (Fsp3) is 0. The molecule has 0 saturated carbocycles. The van der Waals surface area contributed by atoms with Gasteiger partial charge in [-0.25, -0.2) is 21.2 Å². The van der Waals surface area contributed by atoms with E-state index in [1.807, 2.05) is 0 Å². The summed E-state index contributed by atoms with van der Waals surface area (Å²) in [5, 5.41) is 0. The van der Waals surface area contributed by atoms with Gasteiger partial charge in [0.2, 0.25) is 0 Å². The quantitative estimate of drug-likeness (QED) is 0.520. The van der Waals surface area contributed by atoms with Crippen LogP contribution in [0.2, 0.25) is 8.67 Å². The number of anilines is 2. The summed E-state index contributed by atoms with van der Waals surface area (Å²) >= 11 is 13.1. The van der Waals surface area contributed by atoms with Gasteiger partial charge in [-0.3, -0.25) is 9.44 Å². The largest absolute Gasteiger partial charge is 0.277 e. The molecule has 2 aromatic heterocycles. The summed E-state index contributed by atoms with van der Waals surface area (Å²) in [5.74, 6) is -0.751. The van der Waals surface area contributed by atoms with Gasteiger partial charge in [-0.2, -0.15) is 0 Å². The van der Waals surface area contributed by atoms with Crippen LogP contribution in [0.4, 0.5) is 15.8 Å². The highest BCUT2D eigenvalue weighted by atomic mass is 35.5. The van der Waals surface area contributed by atoms with Crippen LogP contribution in [-0.4, -0.2) is 16.8 Å². The molecule has 6 nitrogen and oxygen atoms in total. The number of rotatable bonds is 6. The molecular weight excluding hydrogens is 478 g/mol. The van der Waals surface area contributed by atoms with E-state index in [1.165, 1.54) is 24.3 Å². The lowest BCUT2D eigenvalue weighted by atomic mass is 10.3. The highest BCUT2D eigenvalue weighted by Crippen LogP contribution is 2.33. The molecule has 0 fully saturated rings. The van der Waals surface area contributed by atoms with Crippen molar-refractivity contribution in [3.05, 3.63) is 57.0 Å². The Hall–Kier alpha value is -1.37. The molecule has 0 unspecified atom stereocenters. The Morgan fingerprint density at radius 3 is 1.67 bits per heavy atom. The Labute approximate surface area is 172 Å². The maximum absolute atomic E-state index is 13.6. The zero-order chi connectivity index (χ0) is 19.8. The van der Waals surface area contributed by atoms with Crippen molar-refractivity contribution in [2.24, 2.45) is 0 Å². The van der Waals surface area contributed by atoms with Gasteiger partial charge in [-0.05, 0) is 36.4 Å². The summed E-state index contributed by atoms with van der Waals surface area (Å²) in [6.45, 7) is 0. The van der Waals surface area contributed by atoms with Crippen LogP contribution in [0.25, 0.3) is 0 Å². The molecule has 0 amide bonds. The minimum absolute atomic E-state index is 0.0735. The van der Waals surface area contributed by atoms with Gasteiger partial charge in [0.15, 0.2) is 0 Å². The van der Waals surface area contributed by atoms with Gasteiger partial charge in [0.1, 0.15) is 14.2 Å². The zero-order valence-corrected chi connectivity index (χ0v) is 17.7. The van der Waals surface area contributed by atoms with Gasteiger partial charge in [0.25, 0.3) is 20.0 Å². The Kier molecular flexibility index (Phi) is 5.71. The molecule has 0 aliphatic carbocycles. The lowest BCUT2D eigenvalue weighted by Crippen LogP contribution is -2.16. The van der Waals surface area contributed by atoms with Crippen molar-refractivity contribution in [3.63, 3.8) is 0 Å². The van der Waals surface area contributed by atoms with E-state index in [-0.39, 0.29) is 28.5 Å². The molecule has 2 heterocycles. The van der Waals surface area contributed by atoms with Crippen LogP contribution in [0, 0.1) is 5.82 Å². The van der Waals surface area contributed by atoms with Gasteiger partial charge in [0, 0.05) is 6.07 Å². The van der Waals surface area contributed by atoms with Gasteiger partial charge in [-0.15, -0.1) is 22.7 Å². The summed E-state index contributed by atoms with van der Waals surface area (Å²) in [7, 11) is -8.12. The van der Waals surface area contributed by atoms with Crippen LogP contribution in [0.15, 0.2) is 50.9 Å². The average Bonchev–Trinajstić information content (AvgIpc) is 3.19. The molecule has 13 heteroatoms. The van der Waals surface area contributed by atoms with Crippen molar-refractivity contribution in [1.29, 1.82) is 0 Å². The monoisotopic (exact) mass is 486 g/mol. The smallest absolute Gasteiger partial charge is 0.271 e. The van der Waals surface area contributed by atoms with E-state index in [2.05, 4.69) is 9.44 Å². The van der Waals surface area contributed by atoms with Crippen molar-refractivity contribution < 1.29 is 21.2 Å². The van der Waals surface area contributed by atoms with Crippen molar-refractivity contribution in [2.45, 2.75) is 8.42 Å². The zero-order valence-electron chi connectivity index (χ0n) is 12.9. The highest BCUT2D eigenvalue weighted by Gasteiger charge is 2.22. The molecule has 3 rings (SSSR count). The van der Waals surface area contributed by atoms with E-state index in [0.29, 0.717) is 0 Å². The lowest BCUT2D eigenvalue weighted by Gasteiger charge is -2.13. The van der Waals surface area contributed by atoms with Crippen LogP contribution in [0.5, 0.6) is 0 Å². The second-order valence-electron chi connectivity index (χ2n) is 5.02. The van der Waals surface area contributed by atoms with Crippen molar-refractivity contribution in [3.8, 4) is 0 Å². The lowest BCUT2D eigenvalue weighted by molar-refractivity contribution is 0.600. The van der Waals surface area contributed by atoms with Crippen LogP contribution in [-0.2, 0) is 20.0 Å². The first-order valence-electron chi connectivity index (χ1n) is 6.93. The van der Waals surface area contributed by atoms with E-state index in [0.717, 1.165) is 40.9 Å². The Bertz CT molecular complexity index is 1210. The molecule has 0 aliphatic heterocycles. The SMILES string of the molecule is O=S(=O)(Nc1ccc(F)cc1NS(=O)(=O)c1ccc(Cl)s1)c1ccc(Cl)s1. The summed E-state index contributed by atoms with van der Waals surface area (Å²) in [6, 6.07) is 8.38. The third-order valence-electron chi connectivity index (χ3n) is 3.10. The Morgan fingerprint density at radius 1 is 0.741 bits per heavy atom. The molecule has 0 radical (unpaired) electrons. The summed E-state index contributed by atoms with van der Waals surface area (Å²) in [5.41, 5.74) is -0.419. The van der Waals surface area contributed by atoms with Gasteiger partial charge in [0.05, 0.1) is 20.0 Å². The maximum atomic E-state index is 13.6. The normalized spacial score (nSPS) is 12.1. The molecule has 0 bridgehead atoms. The van der Waals surface area contributed by atoms with Gasteiger partial charge in [-0.1, -0.05) is 23.2 Å². The van der Waals surface area contributed by atoms with E-state index in [1.54, 1.807) is 0 Å². The molecule has 1 aromatic carbocycles. The number of benzene rings is 1. The van der Waals surface area contributed by atoms with E-state index < -0.39 is 25.9 Å². The van der Waals surface area contributed by atoms with E-state index in [4.69, 9.17) is 23.2 Å². The van der Waals surface area contributed by atoms with E-state index >= 15 is 0 Å². The second-order valence-corrected chi connectivity index (χ2v) is 12.3. The predicted octanol–water partition coefficient (Wildman–Crippen LogP) is 4.86. The average molecular weight is 487 g/mol. The minimum Gasteiger partial charge on any atom is -0.277 e. The molecule has 27 heavy (non-hydrogen) atoms. The molecule has 0 aliphatic rings. The predicted molar refractivity (Wildman–Crippen MR) is 107 cm³/mol. The molecular formula is C14H9Cl2FN2O4S4. The summed E-state index contributed by atoms with van der Waals surface area (Å²) in [6.07, 6.45) is 0. The number of sulfonamides is 2. The first kappa shape index (κ1) is 20.4. The standard InChI is InChI=1S/C14H9Cl2FN2O4S4/c15-11-3-5-13(24-11)26(20,21)18-9-2-1-8(17)7-10(9)19-27(22,23)14-6-4-12(16)25-14/h1-7,18-19H. The van der Waals surface area contributed by atoms with Crippen LogP contribution < -0.4 is 9.44 Å². The minimum atomic E-state index is -4.08. The van der Waals surface area contributed by atoms with Gasteiger partial charge >= 0.3 is 0 Å². The number of hydrogen-bond acceptors (Lipinski definition) is 6. The molecule has 144 valence electrons. The summed E-state index contributed by atoms with van der Waals surface area (Å²) in [4.78, 5) is 0. The fourth-order valence-corrected chi connectivity index (χ4v) is 7.08. The van der Waals surface area contributed by atoms with Crippen LogP contribution in [0.1, 0.15) is 0 Å². The molecule has 0 atom stereocenters. The second kappa shape index (κ2) is 7.57. The number of thiophene rings is 2. The van der Waals surface area contributed by atoms with Crippen LogP contribution in [0.3, 0.4) is 0 Å². The number of nitrogens with one attached hydrogen (secondary N) is 2. The third-order valence-corrected chi connectivity index (χ3v) is 9.27. The molecule has 3 aromatic rings. The van der Waals surface area contributed by atoms with Crippen molar-refractivity contribution >= 4 is 77.3 Å². The molecule has 0 spiro atoms. The Morgan fingerprint density at radius 2 is 1.22 bits per heavy atom.